The molecule has 4 rings (SSSR count). The van der Waals surface area contributed by atoms with E-state index in [1.54, 1.807) is 6.33 Å². The molecule has 36 heavy (non-hydrogen) atoms. The molecule has 188 valence electrons. The number of aromatic nitrogens is 2. The highest BCUT2D eigenvalue weighted by molar-refractivity contribution is 6.28. The number of aliphatic carboxylic acids is 2. The number of carboxylic acids is 2. The van der Waals surface area contributed by atoms with Crippen molar-refractivity contribution in [2.24, 2.45) is 5.73 Å². The Morgan fingerprint density at radius 1 is 0.833 bits per heavy atom. The number of nitrogens with two attached hydrogens (primary N) is 1. The molecular formula is C25H25N3O8. The summed E-state index contributed by atoms with van der Waals surface area (Å²) in [5, 5.41) is 39.9. The van der Waals surface area contributed by atoms with E-state index in [-0.39, 0.29) is 0 Å². The molecule has 11 heteroatoms. The molecule has 3 aromatic rings. The molecule has 2 aromatic carbocycles. The van der Waals surface area contributed by atoms with Crippen LogP contribution >= 0.6 is 0 Å². The van der Waals surface area contributed by atoms with Crippen molar-refractivity contribution in [2.45, 2.75) is 36.5 Å². The minimum Gasteiger partial charge on any atom is -0.479 e. The van der Waals surface area contributed by atoms with Crippen molar-refractivity contribution in [3.63, 3.8) is 0 Å². The summed E-state index contributed by atoms with van der Waals surface area (Å²) in [4.78, 5) is 55.8. The summed E-state index contributed by atoms with van der Waals surface area (Å²) in [6.07, 6.45) is 4.84. The van der Waals surface area contributed by atoms with Crippen LogP contribution in [0.4, 0.5) is 0 Å². The highest BCUT2D eigenvalue weighted by Gasteiger charge is 2.69. The van der Waals surface area contributed by atoms with Gasteiger partial charge in [0.1, 0.15) is 0 Å². The summed E-state index contributed by atoms with van der Waals surface area (Å²) in [5.74, 6) is -8.03. The first-order chi connectivity index (χ1) is 17.0. The second kappa shape index (κ2) is 10.6. The zero-order valence-electron chi connectivity index (χ0n) is 19.0. The summed E-state index contributed by atoms with van der Waals surface area (Å²) >= 11 is 0. The quantitative estimate of drug-likeness (QED) is 0.199. The van der Waals surface area contributed by atoms with Crippen molar-refractivity contribution in [2.75, 3.05) is 0 Å². The summed E-state index contributed by atoms with van der Waals surface area (Å²) in [6.45, 7) is 0. The molecular weight excluding hydrogens is 470 g/mol. The molecule has 0 bridgehead atoms. The summed E-state index contributed by atoms with van der Waals surface area (Å²) in [6, 6.07) is 13.2. The lowest BCUT2D eigenvalue weighted by atomic mass is 9.73. The standard InChI is InChI=1S/C18H14O8.C7H11N3/c19-13(11-7-3-1-4-8-11)17(25,15(21)22)18(26,16(23)24)14(20)12-9-5-2-6-10-12;8-5-1-2-6-7(3-5)10-4-9-6/h1-10,25-26H,(H,21,22)(H,23,24);4-5H,1-3,8H2,(H,9,10). The highest BCUT2D eigenvalue weighted by Crippen LogP contribution is 2.31. The first kappa shape index (κ1) is 26.4. The van der Waals surface area contributed by atoms with Crippen LogP contribution in [0.15, 0.2) is 67.0 Å². The number of hydrogen-bond donors (Lipinski definition) is 6. The molecule has 0 spiro atoms. The van der Waals surface area contributed by atoms with E-state index in [1.165, 1.54) is 47.8 Å². The second-order valence-corrected chi connectivity index (χ2v) is 8.25. The Morgan fingerprint density at radius 3 is 1.69 bits per heavy atom. The van der Waals surface area contributed by atoms with Crippen molar-refractivity contribution in [3.05, 3.63) is 89.5 Å². The molecule has 1 aliphatic rings. The van der Waals surface area contributed by atoms with Crippen LogP contribution in [-0.4, -0.2) is 71.1 Å². The Hall–Kier alpha value is -4.19. The maximum Gasteiger partial charge on any atom is 0.348 e. The lowest BCUT2D eigenvalue weighted by Crippen LogP contribution is -2.71. The predicted octanol–water partition coefficient (Wildman–Crippen LogP) is 0.609. The van der Waals surface area contributed by atoms with Crippen molar-refractivity contribution >= 4 is 23.5 Å². The molecule has 0 fully saturated rings. The van der Waals surface area contributed by atoms with Gasteiger partial charge in [0.15, 0.2) is 0 Å². The Bertz CT molecular complexity index is 1190. The largest absolute Gasteiger partial charge is 0.479 e. The van der Waals surface area contributed by atoms with Gasteiger partial charge in [-0.15, -0.1) is 0 Å². The van der Waals surface area contributed by atoms with Crippen LogP contribution in [0.1, 0.15) is 38.5 Å². The van der Waals surface area contributed by atoms with E-state index >= 15 is 0 Å². The molecule has 3 unspecified atom stereocenters. The van der Waals surface area contributed by atoms with Gasteiger partial charge in [-0.25, -0.2) is 14.6 Å². The maximum atomic E-state index is 12.6. The Labute approximate surface area is 205 Å². The Balaban J connectivity index is 0.000000297. The lowest BCUT2D eigenvalue weighted by Gasteiger charge is -2.34. The van der Waals surface area contributed by atoms with E-state index in [2.05, 4.69) is 9.97 Å². The topological polar surface area (TPSA) is 204 Å². The van der Waals surface area contributed by atoms with Crippen molar-refractivity contribution in [1.82, 2.24) is 9.97 Å². The number of fused-ring (bicyclic) bond motifs is 1. The first-order valence-electron chi connectivity index (χ1n) is 10.9. The number of H-pyrrole nitrogens is 1. The second-order valence-electron chi connectivity index (χ2n) is 8.25. The molecule has 0 saturated carbocycles. The van der Waals surface area contributed by atoms with E-state index in [1.807, 2.05) is 0 Å². The number of nitrogens with zero attached hydrogens (tertiary/aromatic N) is 1. The van der Waals surface area contributed by atoms with E-state index in [0.717, 1.165) is 43.5 Å². The third kappa shape index (κ3) is 4.80. The van der Waals surface area contributed by atoms with Crippen molar-refractivity contribution in [1.29, 1.82) is 0 Å². The third-order valence-electron chi connectivity index (χ3n) is 5.90. The molecule has 0 aliphatic heterocycles. The first-order valence-corrected chi connectivity index (χ1v) is 10.9. The molecule has 1 heterocycles. The molecule has 1 aromatic heterocycles. The van der Waals surface area contributed by atoms with Gasteiger partial charge in [0, 0.05) is 29.3 Å². The summed E-state index contributed by atoms with van der Waals surface area (Å²) in [7, 11) is 0. The maximum absolute atomic E-state index is 12.6. The van der Waals surface area contributed by atoms with Gasteiger partial charge in [0.05, 0.1) is 12.0 Å². The fourth-order valence-corrected chi connectivity index (χ4v) is 3.86. The zero-order chi connectivity index (χ0) is 26.5. The minimum absolute atomic E-state index is 0.341. The number of rotatable bonds is 7. The Morgan fingerprint density at radius 2 is 1.28 bits per heavy atom. The number of carbonyl (C=O) groups is 4. The number of ketones is 2. The number of Topliss-reactive ketones (excluding diaryl/α,β-unsaturated/α-hetero) is 2. The van der Waals surface area contributed by atoms with Crippen LogP contribution in [0.25, 0.3) is 0 Å². The number of carbonyl (C=O) groups excluding carboxylic acids is 2. The number of imidazole rings is 1. The number of aryl methyl sites for hydroxylation is 1. The molecule has 11 nitrogen and oxygen atoms in total. The smallest absolute Gasteiger partial charge is 0.348 e. The van der Waals surface area contributed by atoms with Gasteiger partial charge in [0.2, 0.25) is 11.6 Å². The third-order valence-corrected chi connectivity index (χ3v) is 5.90. The molecule has 0 radical (unpaired) electrons. The Kier molecular flexibility index (Phi) is 7.78. The number of aromatic amines is 1. The van der Waals surface area contributed by atoms with Gasteiger partial charge in [-0.05, 0) is 12.8 Å². The monoisotopic (exact) mass is 495 g/mol. The fraction of sp³-hybridized carbons (Fsp3) is 0.240. The summed E-state index contributed by atoms with van der Waals surface area (Å²) < 4.78 is 0. The average Bonchev–Trinajstić information content (AvgIpc) is 3.35. The number of carboxylic acid groups (broad SMARTS) is 2. The van der Waals surface area contributed by atoms with Gasteiger partial charge in [-0.1, -0.05) is 60.7 Å². The van der Waals surface area contributed by atoms with E-state index in [4.69, 9.17) is 5.73 Å². The van der Waals surface area contributed by atoms with E-state index < -0.39 is 45.8 Å². The van der Waals surface area contributed by atoms with Crippen LogP contribution in [-0.2, 0) is 22.4 Å². The van der Waals surface area contributed by atoms with E-state index in [0.29, 0.717) is 6.04 Å². The van der Waals surface area contributed by atoms with Gasteiger partial charge in [0.25, 0.3) is 11.2 Å². The van der Waals surface area contributed by atoms with Crippen molar-refractivity contribution in [3.8, 4) is 0 Å². The summed E-state index contributed by atoms with van der Waals surface area (Å²) in [5.41, 5.74) is -0.478. The fourth-order valence-electron chi connectivity index (χ4n) is 3.86. The number of hydrogen-bond acceptors (Lipinski definition) is 8. The molecule has 7 N–H and O–H groups in total. The number of nitrogens with one attached hydrogen (secondary N) is 1. The highest BCUT2D eigenvalue weighted by atomic mass is 16.5. The normalized spacial score (nSPS) is 17.8. The van der Waals surface area contributed by atoms with Gasteiger partial charge < -0.3 is 31.1 Å². The predicted molar refractivity (Wildman–Crippen MR) is 125 cm³/mol. The minimum atomic E-state index is -3.95. The molecule has 0 saturated heterocycles. The SMILES string of the molecule is NC1CCc2nc[nH]c2C1.O=C(O)C(O)(C(=O)c1ccccc1)C(O)(C(=O)O)C(=O)c1ccccc1. The number of aliphatic hydroxyl groups is 2. The lowest BCUT2D eigenvalue weighted by molar-refractivity contribution is -0.187. The van der Waals surface area contributed by atoms with Crippen LogP contribution in [0.2, 0.25) is 0 Å². The van der Waals surface area contributed by atoms with Gasteiger partial charge in [-0.3, -0.25) is 9.59 Å². The molecule has 3 atom stereocenters. The van der Waals surface area contributed by atoms with Gasteiger partial charge in [-0.2, -0.15) is 0 Å². The molecule has 1 aliphatic carbocycles. The van der Waals surface area contributed by atoms with Crippen LogP contribution in [0, 0.1) is 0 Å². The zero-order valence-corrected chi connectivity index (χ0v) is 19.0. The van der Waals surface area contributed by atoms with Gasteiger partial charge >= 0.3 is 11.9 Å². The number of benzene rings is 2. The van der Waals surface area contributed by atoms with Crippen molar-refractivity contribution < 1.29 is 39.6 Å². The van der Waals surface area contributed by atoms with Crippen LogP contribution < -0.4 is 5.73 Å². The van der Waals surface area contributed by atoms with E-state index in [9.17, 15) is 39.6 Å². The average molecular weight is 495 g/mol. The van der Waals surface area contributed by atoms with Crippen LogP contribution in [0.3, 0.4) is 0 Å². The molecule has 0 amide bonds. The van der Waals surface area contributed by atoms with Crippen LogP contribution in [0.5, 0.6) is 0 Å².